The molecule has 106 valence electrons. The normalized spacial score (nSPS) is 16.7. The molecule has 0 saturated carbocycles. The average Bonchev–Trinajstić information content (AvgIpc) is 2.27. The highest BCUT2D eigenvalue weighted by molar-refractivity contribution is 7.90. The number of carbonyl (C=O) groups is 1. The highest BCUT2D eigenvalue weighted by atomic mass is 32.2. The predicted molar refractivity (Wildman–Crippen MR) is 74.9 cm³/mol. The molecule has 1 rings (SSSR count). The first-order valence-electron chi connectivity index (χ1n) is 5.97. The van der Waals surface area contributed by atoms with E-state index in [0.717, 1.165) is 0 Å². The summed E-state index contributed by atoms with van der Waals surface area (Å²) in [6, 6.07) is 3.51. The van der Waals surface area contributed by atoms with Crippen LogP contribution in [-0.2, 0) is 21.7 Å². The fourth-order valence-electron chi connectivity index (χ4n) is 1.55. The molecular weight excluding hydrogens is 264 g/mol. The van der Waals surface area contributed by atoms with Crippen LogP contribution in [0.5, 0.6) is 0 Å². The lowest BCUT2D eigenvalue weighted by molar-refractivity contribution is -0.138. The number of aromatic nitrogens is 1. The van der Waals surface area contributed by atoms with Crippen molar-refractivity contribution in [1.29, 1.82) is 0 Å². The molecule has 2 atom stereocenters. The molecule has 0 bridgehead atoms. The zero-order valence-electron chi connectivity index (χ0n) is 11.6. The summed E-state index contributed by atoms with van der Waals surface area (Å²) in [5.74, 6) is -0.954. The van der Waals surface area contributed by atoms with Gasteiger partial charge in [0.15, 0.2) is 0 Å². The minimum Gasteiger partial charge on any atom is -0.598 e. The fourth-order valence-corrected chi connectivity index (χ4v) is 2.45. The molecule has 0 fully saturated rings. The summed E-state index contributed by atoms with van der Waals surface area (Å²) >= 11 is -1.36. The van der Waals surface area contributed by atoms with E-state index in [1.165, 1.54) is 0 Å². The van der Waals surface area contributed by atoms with E-state index >= 15 is 0 Å². The van der Waals surface area contributed by atoms with Crippen molar-refractivity contribution in [2.75, 3.05) is 0 Å². The van der Waals surface area contributed by atoms with Crippen LogP contribution in [0.4, 0.5) is 0 Å². The molecule has 19 heavy (non-hydrogen) atoms. The maximum atomic E-state index is 12.2. The highest BCUT2D eigenvalue weighted by Gasteiger charge is 2.38. The number of carboxylic acids is 1. The van der Waals surface area contributed by atoms with E-state index in [1.807, 2.05) is 20.8 Å². The molecule has 0 radical (unpaired) electrons. The summed E-state index contributed by atoms with van der Waals surface area (Å²) in [4.78, 5) is 15.1. The van der Waals surface area contributed by atoms with Gasteiger partial charge in [-0.2, -0.15) is 0 Å². The lowest BCUT2D eigenvalue weighted by Crippen LogP contribution is -2.50. The van der Waals surface area contributed by atoms with Gasteiger partial charge in [0, 0.05) is 23.8 Å². The molecule has 0 amide bonds. The second-order valence-electron chi connectivity index (χ2n) is 5.63. The van der Waals surface area contributed by atoms with Gasteiger partial charge in [0.05, 0.1) is 12.0 Å². The van der Waals surface area contributed by atoms with Gasteiger partial charge in [0.2, 0.25) is 0 Å². The minimum atomic E-state index is -1.36. The zero-order chi connectivity index (χ0) is 14.7. The maximum Gasteiger partial charge on any atom is 0.305 e. The van der Waals surface area contributed by atoms with E-state index in [2.05, 4.69) is 9.71 Å². The van der Waals surface area contributed by atoms with Gasteiger partial charge in [-0.05, 0) is 39.3 Å². The standard InChI is InChI=1S/C13H20N2O3S/c1-12(2,3)19(18)15-13(4,8-11(16)17)10-6-5-7-14-9-10/h5-7,9,15H,8H2,1-4H3,(H,16,17)/t13-,19?/m0/s1. The van der Waals surface area contributed by atoms with Crippen LogP contribution in [0.3, 0.4) is 0 Å². The van der Waals surface area contributed by atoms with Crippen LogP contribution in [0.25, 0.3) is 0 Å². The van der Waals surface area contributed by atoms with Gasteiger partial charge in [0.1, 0.15) is 4.75 Å². The van der Waals surface area contributed by atoms with Gasteiger partial charge in [-0.3, -0.25) is 9.78 Å². The zero-order valence-corrected chi connectivity index (χ0v) is 12.5. The van der Waals surface area contributed by atoms with Gasteiger partial charge in [-0.15, -0.1) is 4.72 Å². The first kappa shape index (κ1) is 15.9. The SMILES string of the molecule is CC(C)(C)[S+]([O-])N[C@@](C)(CC(=O)O)c1cccnc1. The maximum absolute atomic E-state index is 12.2. The molecule has 0 aliphatic carbocycles. The minimum absolute atomic E-state index is 0.166. The Bertz CT molecular complexity index is 433. The average molecular weight is 284 g/mol. The lowest BCUT2D eigenvalue weighted by Gasteiger charge is -2.34. The Balaban J connectivity index is 3.04. The van der Waals surface area contributed by atoms with Crippen LogP contribution >= 0.6 is 0 Å². The monoisotopic (exact) mass is 284 g/mol. The van der Waals surface area contributed by atoms with Crippen molar-refractivity contribution in [1.82, 2.24) is 9.71 Å². The number of hydrogen-bond acceptors (Lipinski definition) is 4. The second kappa shape index (κ2) is 5.90. The highest BCUT2D eigenvalue weighted by Crippen LogP contribution is 2.27. The van der Waals surface area contributed by atoms with Crippen molar-refractivity contribution < 1.29 is 14.5 Å². The first-order chi connectivity index (χ1) is 8.65. The number of pyridine rings is 1. The van der Waals surface area contributed by atoms with Crippen LogP contribution in [0, 0.1) is 0 Å². The largest absolute Gasteiger partial charge is 0.598 e. The van der Waals surface area contributed by atoms with E-state index in [4.69, 9.17) is 5.11 Å². The van der Waals surface area contributed by atoms with Crippen LogP contribution in [0.15, 0.2) is 24.5 Å². The first-order valence-corrected chi connectivity index (χ1v) is 7.12. The molecule has 0 aliphatic rings. The van der Waals surface area contributed by atoms with Crippen LogP contribution in [0.2, 0.25) is 0 Å². The van der Waals surface area contributed by atoms with Crippen LogP contribution < -0.4 is 4.72 Å². The number of nitrogens with one attached hydrogen (secondary N) is 1. The molecule has 0 aromatic carbocycles. The van der Waals surface area contributed by atoms with E-state index < -0.39 is 27.6 Å². The molecule has 6 heteroatoms. The molecule has 2 N–H and O–H groups in total. The van der Waals surface area contributed by atoms with Crippen molar-refractivity contribution in [3.05, 3.63) is 30.1 Å². The Morgan fingerprint density at radius 1 is 1.47 bits per heavy atom. The molecular formula is C13H20N2O3S. The number of carboxylic acid groups (broad SMARTS) is 1. The van der Waals surface area contributed by atoms with E-state index in [0.29, 0.717) is 5.56 Å². The van der Waals surface area contributed by atoms with E-state index in [1.54, 1.807) is 31.5 Å². The molecule has 1 unspecified atom stereocenters. The summed E-state index contributed by atoms with van der Waals surface area (Å²) in [6.45, 7) is 7.23. The summed E-state index contributed by atoms with van der Waals surface area (Å²) in [5.41, 5.74) is -0.215. The Morgan fingerprint density at radius 3 is 2.53 bits per heavy atom. The fraction of sp³-hybridized carbons (Fsp3) is 0.538. The summed E-state index contributed by atoms with van der Waals surface area (Å²) in [5, 5.41) is 9.07. The topological polar surface area (TPSA) is 85.3 Å². The van der Waals surface area contributed by atoms with E-state index in [-0.39, 0.29) is 6.42 Å². The number of rotatable bonds is 5. The van der Waals surface area contributed by atoms with Gasteiger partial charge >= 0.3 is 5.97 Å². The molecule has 1 heterocycles. The third-order valence-electron chi connectivity index (χ3n) is 2.68. The molecule has 1 aromatic heterocycles. The van der Waals surface area contributed by atoms with Crippen molar-refractivity contribution in [2.24, 2.45) is 0 Å². The predicted octanol–water partition coefficient (Wildman–Crippen LogP) is 1.82. The van der Waals surface area contributed by atoms with Crippen molar-refractivity contribution >= 4 is 17.3 Å². The quantitative estimate of drug-likeness (QED) is 0.806. The summed E-state index contributed by atoms with van der Waals surface area (Å²) in [6.07, 6.45) is 3.04. The van der Waals surface area contributed by atoms with Crippen LogP contribution in [-0.4, -0.2) is 25.4 Å². The molecule has 0 spiro atoms. The third kappa shape index (κ3) is 4.49. The Hall–Kier alpha value is -1.11. The Morgan fingerprint density at radius 2 is 2.11 bits per heavy atom. The van der Waals surface area contributed by atoms with Crippen LogP contribution in [0.1, 0.15) is 39.7 Å². The van der Waals surface area contributed by atoms with Gasteiger partial charge in [0.25, 0.3) is 0 Å². The molecule has 0 saturated heterocycles. The Labute approximate surface area is 116 Å². The molecule has 0 aliphatic heterocycles. The van der Waals surface area contributed by atoms with Crippen molar-refractivity contribution in [3.8, 4) is 0 Å². The number of aliphatic carboxylic acids is 1. The Kier molecular flexibility index (Phi) is 4.95. The van der Waals surface area contributed by atoms with E-state index in [9.17, 15) is 9.35 Å². The lowest BCUT2D eigenvalue weighted by atomic mass is 9.91. The van der Waals surface area contributed by atoms with Gasteiger partial charge in [-0.1, -0.05) is 6.07 Å². The smallest absolute Gasteiger partial charge is 0.305 e. The second-order valence-corrected chi connectivity index (χ2v) is 7.59. The molecule has 5 nitrogen and oxygen atoms in total. The van der Waals surface area contributed by atoms with Gasteiger partial charge in [-0.25, -0.2) is 0 Å². The van der Waals surface area contributed by atoms with Crippen molar-refractivity contribution in [2.45, 2.75) is 44.4 Å². The summed E-state index contributed by atoms with van der Waals surface area (Å²) in [7, 11) is 0. The van der Waals surface area contributed by atoms with Gasteiger partial charge < -0.3 is 9.66 Å². The number of nitrogens with zero attached hydrogens (tertiary/aromatic N) is 1. The molecule has 1 aromatic rings. The third-order valence-corrected chi connectivity index (χ3v) is 4.43. The van der Waals surface area contributed by atoms with Crippen molar-refractivity contribution in [3.63, 3.8) is 0 Å². The number of hydrogen-bond donors (Lipinski definition) is 2. The summed E-state index contributed by atoms with van der Waals surface area (Å²) < 4.78 is 14.7.